The number of nitriles is 1. The fraction of sp³-hybridized carbons (Fsp3) is 0.250. The Labute approximate surface area is 46.4 Å². The maximum Gasteiger partial charge on any atom is 0.268 e. The molecule has 0 spiro atoms. The summed E-state index contributed by atoms with van der Waals surface area (Å²) >= 11 is 0. The number of nitrogens with zero attached hydrogens (tertiary/aromatic N) is 2. The van der Waals surface area contributed by atoms with E-state index in [1.54, 1.807) is 0 Å². The van der Waals surface area contributed by atoms with Crippen molar-refractivity contribution in [3.05, 3.63) is 0 Å². The summed E-state index contributed by atoms with van der Waals surface area (Å²) in [6.07, 6.45) is 1.27. The molecule has 0 aromatic heterocycles. The highest BCUT2D eigenvalue weighted by molar-refractivity contribution is 6.35. The maximum absolute atomic E-state index is 9.57. The van der Waals surface area contributed by atoms with Crippen LogP contribution in [-0.2, 0) is 9.63 Å². The average molecular weight is 111 g/mol. The van der Waals surface area contributed by atoms with Crippen molar-refractivity contribution >= 4 is 12.0 Å². The van der Waals surface area contributed by atoms with E-state index >= 15 is 0 Å². The lowest BCUT2D eigenvalue weighted by Crippen LogP contribution is -1.94. The van der Waals surface area contributed by atoms with E-state index in [1.165, 1.54) is 19.5 Å². The Bertz CT molecular complexity index is 145. The Morgan fingerprint density at radius 3 is 2.62 bits per heavy atom. The van der Waals surface area contributed by atoms with Gasteiger partial charge in [0, 0.05) is 0 Å². The van der Waals surface area contributed by atoms with Crippen LogP contribution in [0.4, 0.5) is 0 Å². The number of hydrogen-bond acceptors (Lipinski definition) is 4. The third-order valence-corrected chi connectivity index (χ3v) is 0.385. The van der Waals surface area contributed by atoms with Crippen molar-refractivity contribution in [2.24, 2.45) is 5.16 Å². The second kappa shape index (κ2) is 3.81. The van der Waals surface area contributed by atoms with Crippen molar-refractivity contribution in [3.8, 4) is 6.07 Å². The van der Waals surface area contributed by atoms with E-state index in [0.717, 1.165) is 0 Å². The van der Waals surface area contributed by atoms with Crippen LogP contribution in [0.25, 0.3) is 0 Å². The summed E-state index contributed by atoms with van der Waals surface area (Å²) in [5.74, 6) is 0. The van der Waals surface area contributed by atoms with Crippen LogP contribution >= 0.6 is 0 Å². The van der Waals surface area contributed by atoms with Crippen LogP contribution in [-0.4, -0.2) is 19.1 Å². The molecule has 0 amide bonds. The molecule has 0 aromatic rings. The van der Waals surface area contributed by atoms with Gasteiger partial charge in [0.05, 0.1) is 0 Å². The Balaban J connectivity index is 3.92. The van der Waals surface area contributed by atoms with Crippen molar-refractivity contribution in [2.75, 3.05) is 7.11 Å². The predicted octanol–water partition coefficient (Wildman–Crippen LogP) is -0.378. The largest absolute Gasteiger partial charge is 0.398 e. The summed E-state index contributed by atoms with van der Waals surface area (Å²) in [4.78, 5) is 13.7. The van der Waals surface area contributed by atoms with E-state index in [4.69, 9.17) is 5.26 Å². The Morgan fingerprint density at radius 1 is 1.88 bits per heavy atom. The number of oxime groups is 1. The quantitative estimate of drug-likeness (QED) is 0.360. The molecule has 0 saturated carbocycles. The zero-order valence-electron chi connectivity index (χ0n) is 4.21. The summed E-state index contributed by atoms with van der Waals surface area (Å²) in [5.41, 5.74) is -0.382. The fourth-order valence-corrected chi connectivity index (χ4v) is 0.153. The molecule has 0 aliphatic carbocycles. The van der Waals surface area contributed by atoms with Gasteiger partial charge in [-0.2, -0.15) is 5.26 Å². The van der Waals surface area contributed by atoms with Gasteiger partial charge in [0.2, 0.25) is 5.71 Å². The molecular formula is C4H3N2O2. The van der Waals surface area contributed by atoms with Crippen molar-refractivity contribution < 1.29 is 9.63 Å². The topological polar surface area (TPSA) is 62.4 Å². The first-order valence-corrected chi connectivity index (χ1v) is 1.74. The molecule has 8 heavy (non-hydrogen) atoms. The van der Waals surface area contributed by atoms with Gasteiger partial charge in [-0.15, -0.1) is 0 Å². The molecule has 0 heterocycles. The van der Waals surface area contributed by atoms with Gasteiger partial charge in [0.1, 0.15) is 13.2 Å². The van der Waals surface area contributed by atoms with Crippen LogP contribution in [0.3, 0.4) is 0 Å². The highest BCUT2D eigenvalue weighted by atomic mass is 16.6. The summed E-state index contributed by atoms with van der Waals surface area (Å²) in [6, 6.07) is 1.45. The molecule has 0 bridgehead atoms. The van der Waals surface area contributed by atoms with Crippen molar-refractivity contribution in [1.29, 1.82) is 5.26 Å². The minimum absolute atomic E-state index is 0.382. The minimum Gasteiger partial charge on any atom is -0.398 e. The van der Waals surface area contributed by atoms with Crippen LogP contribution in [0.15, 0.2) is 5.16 Å². The first-order valence-electron chi connectivity index (χ1n) is 1.74. The minimum atomic E-state index is -0.382. The van der Waals surface area contributed by atoms with Gasteiger partial charge < -0.3 is 4.84 Å². The molecule has 4 nitrogen and oxygen atoms in total. The lowest BCUT2D eigenvalue weighted by atomic mass is 10.5. The lowest BCUT2D eigenvalue weighted by Gasteiger charge is -1.79. The molecule has 41 valence electrons. The maximum atomic E-state index is 9.57. The lowest BCUT2D eigenvalue weighted by molar-refractivity contribution is 0.214. The Hall–Kier alpha value is -1.37. The molecule has 0 atom stereocenters. The molecular weight excluding hydrogens is 108 g/mol. The number of hydrogen-bond donors (Lipinski definition) is 0. The second-order valence-corrected chi connectivity index (χ2v) is 0.836. The molecule has 0 aromatic carbocycles. The van der Waals surface area contributed by atoms with Gasteiger partial charge in [0.25, 0.3) is 6.29 Å². The van der Waals surface area contributed by atoms with E-state index in [9.17, 15) is 4.79 Å². The standard InChI is InChI=1S/C4H3N2O2/c1-8-6-4(2-5)3-7/h1H3. The first-order chi connectivity index (χ1) is 3.85. The number of rotatable bonds is 2. The van der Waals surface area contributed by atoms with E-state index in [0.29, 0.717) is 0 Å². The number of carbonyl (C=O) groups excluding carboxylic acids is 1. The fourth-order valence-electron chi connectivity index (χ4n) is 0.153. The van der Waals surface area contributed by atoms with E-state index in [-0.39, 0.29) is 5.71 Å². The molecule has 0 unspecified atom stereocenters. The van der Waals surface area contributed by atoms with E-state index in [1.807, 2.05) is 0 Å². The monoisotopic (exact) mass is 111 g/mol. The Morgan fingerprint density at radius 2 is 2.50 bits per heavy atom. The van der Waals surface area contributed by atoms with Crippen LogP contribution < -0.4 is 0 Å². The highest BCUT2D eigenvalue weighted by Crippen LogP contribution is 1.70. The molecule has 0 rings (SSSR count). The van der Waals surface area contributed by atoms with Gasteiger partial charge in [-0.05, 0) is 0 Å². The first kappa shape index (κ1) is 6.63. The third-order valence-electron chi connectivity index (χ3n) is 0.385. The normalized spacial score (nSPS) is 9.75. The average Bonchev–Trinajstić information content (AvgIpc) is 1.83. The Kier molecular flexibility index (Phi) is 3.16. The second-order valence-electron chi connectivity index (χ2n) is 0.836. The van der Waals surface area contributed by atoms with Gasteiger partial charge >= 0.3 is 0 Å². The zero-order valence-corrected chi connectivity index (χ0v) is 4.21. The van der Waals surface area contributed by atoms with Gasteiger partial charge in [-0.25, -0.2) is 0 Å². The van der Waals surface area contributed by atoms with Crippen LogP contribution in [0.1, 0.15) is 0 Å². The zero-order chi connectivity index (χ0) is 6.41. The summed E-state index contributed by atoms with van der Waals surface area (Å²) in [7, 11) is 1.24. The molecule has 0 aliphatic rings. The van der Waals surface area contributed by atoms with Gasteiger partial charge in [-0.1, -0.05) is 5.16 Å². The summed E-state index contributed by atoms with van der Waals surface area (Å²) < 4.78 is 0. The predicted molar refractivity (Wildman–Crippen MR) is 25.8 cm³/mol. The smallest absolute Gasteiger partial charge is 0.268 e. The van der Waals surface area contributed by atoms with Crippen LogP contribution in [0.2, 0.25) is 0 Å². The van der Waals surface area contributed by atoms with Crippen LogP contribution in [0.5, 0.6) is 0 Å². The molecule has 1 radical (unpaired) electrons. The molecule has 0 aliphatic heterocycles. The third kappa shape index (κ3) is 1.92. The molecule has 4 heteroatoms. The summed E-state index contributed by atoms with van der Waals surface area (Å²) in [5, 5.41) is 10.9. The SMILES string of the molecule is CON=C([C]=O)C#N. The van der Waals surface area contributed by atoms with Crippen LogP contribution in [0, 0.1) is 11.3 Å². The van der Waals surface area contributed by atoms with Gasteiger partial charge in [-0.3, -0.25) is 4.79 Å². The van der Waals surface area contributed by atoms with Crippen molar-refractivity contribution in [1.82, 2.24) is 0 Å². The highest BCUT2D eigenvalue weighted by Gasteiger charge is 1.91. The molecule has 0 N–H and O–H groups in total. The molecule has 0 fully saturated rings. The molecule has 0 saturated heterocycles. The van der Waals surface area contributed by atoms with E-state index < -0.39 is 0 Å². The van der Waals surface area contributed by atoms with Crippen molar-refractivity contribution in [3.63, 3.8) is 0 Å². The van der Waals surface area contributed by atoms with Crippen molar-refractivity contribution in [2.45, 2.75) is 0 Å². The van der Waals surface area contributed by atoms with E-state index in [2.05, 4.69) is 9.99 Å². The summed E-state index contributed by atoms with van der Waals surface area (Å²) in [6.45, 7) is 0. The van der Waals surface area contributed by atoms with Gasteiger partial charge in [0.15, 0.2) is 0 Å².